The van der Waals surface area contributed by atoms with Crippen molar-refractivity contribution in [2.75, 3.05) is 18.5 Å². The van der Waals surface area contributed by atoms with Gasteiger partial charge in [0.2, 0.25) is 0 Å². The highest BCUT2D eigenvalue weighted by atomic mass is 19.4. The summed E-state index contributed by atoms with van der Waals surface area (Å²) in [5.41, 5.74) is 1.08. The molecule has 0 bridgehead atoms. The third-order valence-electron chi connectivity index (χ3n) is 5.80. The van der Waals surface area contributed by atoms with Gasteiger partial charge in [-0.1, -0.05) is 25.5 Å². The van der Waals surface area contributed by atoms with Crippen LogP contribution < -0.4 is 10.6 Å². The number of nitrogens with zero attached hydrogens (tertiary/aromatic N) is 1. The summed E-state index contributed by atoms with van der Waals surface area (Å²) in [5.74, 6) is -1.10. The van der Waals surface area contributed by atoms with Crippen LogP contribution in [-0.2, 0) is 15.7 Å². The number of amides is 3. The number of anilines is 1. The molecule has 2 aromatic rings. The molecule has 10 heteroatoms. The van der Waals surface area contributed by atoms with E-state index in [0.29, 0.717) is 29.1 Å². The number of carbonyl (C=O) groups is 3. The van der Waals surface area contributed by atoms with Crippen LogP contribution in [0.2, 0.25) is 0 Å². The Balaban J connectivity index is 1.81. The lowest BCUT2D eigenvalue weighted by Crippen LogP contribution is -2.48. The van der Waals surface area contributed by atoms with Crippen molar-refractivity contribution in [2.24, 2.45) is 0 Å². The Morgan fingerprint density at radius 1 is 1.06 bits per heavy atom. The number of carbonyl (C=O) groups excluding carboxylic acids is 3. The fourth-order valence-electron chi connectivity index (χ4n) is 3.86. The van der Waals surface area contributed by atoms with Crippen molar-refractivity contribution >= 4 is 23.6 Å². The fourth-order valence-corrected chi connectivity index (χ4v) is 3.86. The van der Waals surface area contributed by atoms with Crippen LogP contribution in [0.15, 0.2) is 59.8 Å². The number of unbranched alkanes of at least 4 members (excludes halogenated alkanes) is 1. The molecule has 3 amide bonds. The summed E-state index contributed by atoms with van der Waals surface area (Å²) >= 11 is 0. The molecule has 1 atom stereocenters. The van der Waals surface area contributed by atoms with E-state index in [-0.39, 0.29) is 18.2 Å². The van der Waals surface area contributed by atoms with Crippen LogP contribution in [0, 0.1) is 0 Å². The van der Waals surface area contributed by atoms with Crippen molar-refractivity contribution in [3.8, 4) is 0 Å². The molecule has 0 aromatic heterocycles. The van der Waals surface area contributed by atoms with Crippen LogP contribution >= 0.6 is 0 Å². The van der Waals surface area contributed by atoms with Crippen molar-refractivity contribution in [1.29, 1.82) is 0 Å². The minimum Gasteiger partial charge on any atom is -0.463 e. The zero-order valence-electron chi connectivity index (χ0n) is 20.2. The molecule has 0 aliphatic carbocycles. The van der Waals surface area contributed by atoms with Gasteiger partial charge < -0.3 is 15.4 Å². The maximum Gasteiger partial charge on any atom is 0.416 e. The number of hydrogen-bond donors (Lipinski definition) is 2. The first-order valence-corrected chi connectivity index (χ1v) is 11.6. The van der Waals surface area contributed by atoms with E-state index in [1.807, 2.05) is 6.92 Å². The molecule has 1 unspecified atom stereocenters. The number of rotatable bonds is 8. The maximum atomic E-state index is 12.8. The van der Waals surface area contributed by atoms with Gasteiger partial charge in [0.15, 0.2) is 0 Å². The zero-order chi connectivity index (χ0) is 26.5. The lowest BCUT2D eigenvalue weighted by molar-refractivity contribution is -0.139. The third-order valence-corrected chi connectivity index (χ3v) is 5.80. The molecule has 0 radical (unpaired) electrons. The van der Waals surface area contributed by atoms with Gasteiger partial charge in [0, 0.05) is 23.5 Å². The van der Waals surface area contributed by atoms with E-state index in [1.54, 1.807) is 38.1 Å². The first-order valence-electron chi connectivity index (χ1n) is 11.6. The van der Waals surface area contributed by atoms with Gasteiger partial charge in [0.1, 0.15) is 0 Å². The van der Waals surface area contributed by atoms with Gasteiger partial charge in [-0.05, 0) is 62.2 Å². The van der Waals surface area contributed by atoms with E-state index in [1.165, 1.54) is 4.90 Å². The van der Waals surface area contributed by atoms with Crippen molar-refractivity contribution in [3.63, 3.8) is 0 Å². The topological polar surface area (TPSA) is 87.7 Å². The van der Waals surface area contributed by atoms with Gasteiger partial charge in [0.05, 0.1) is 23.8 Å². The van der Waals surface area contributed by atoms with Gasteiger partial charge in [-0.3, -0.25) is 9.69 Å². The predicted molar refractivity (Wildman–Crippen MR) is 128 cm³/mol. The van der Waals surface area contributed by atoms with Gasteiger partial charge in [-0.2, -0.15) is 13.2 Å². The van der Waals surface area contributed by atoms with Crippen molar-refractivity contribution in [1.82, 2.24) is 10.2 Å². The predicted octanol–water partition coefficient (Wildman–Crippen LogP) is 5.66. The van der Waals surface area contributed by atoms with E-state index < -0.39 is 29.7 Å². The van der Waals surface area contributed by atoms with Crippen molar-refractivity contribution < 1.29 is 32.3 Å². The summed E-state index contributed by atoms with van der Waals surface area (Å²) < 4.78 is 43.5. The molecule has 0 saturated heterocycles. The smallest absolute Gasteiger partial charge is 0.416 e. The summed E-state index contributed by atoms with van der Waals surface area (Å²) in [6, 6.07) is 9.33. The highest BCUT2D eigenvalue weighted by Gasteiger charge is 2.36. The lowest BCUT2D eigenvalue weighted by Gasteiger charge is -2.35. The van der Waals surface area contributed by atoms with E-state index in [2.05, 4.69) is 10.6 Å². The van der Waals surface area contributed by atoms with Crippen LogP contribution in [0.4, 0.5) is 23.7 Å². The Morgan fingerprint density at radius 3 is 2.25 bits per heavy atom. The molecule has 0 fully saturated rings. The van der Waals surface area contributed by atoms with Gasteiger partial charge in [-0.25, -0.2) is 9.59 Å². The molecule has 36 heavy (non-hydrogen) atoms. The Hall–Kier alpha value is -3.82. The Labute approximate surface area is 207 Å². The minimum absolute atomic E-state index is 0.0712. The standard InChI is InChI=1S/C26H28F3N3O4/c1-4-6-15-32-16(3)21(24(34)36-5-2)22(31-25(32)35)17-9-13-20(14-10-17)30-23(33)18-7-11-19(12-8-18)26(27,28)29/h7-14,22H,4-6,15H2,1-3H3,(H,30,33)(H,31,35). The Morgan fingerprint density at radius 2 is 1.69 bits per heavy atom. The van der Waals surface area contributed by atoms with Gasteiger partial charge >= 0.3 is 18.2 Å². The third kappa shape index (κ3) is 6.05. The number of halogens is 3. The molecule has 1 heterocycles. The number of benzene rings is 2. The van der Waals surface area contributed by atoms with E-state index in [9.17, 15) is 27.6 Å². The van der Waals surface area contributed by atoms with E-state index >= 15 is 0 Å². The molecule has 3 rings (SSSR count). The average molecular weight is 504 g/mol. The Kier molecular flexibility index (Phi) is 8.39. The molecule has 2 N–H and O–H groups in total. The molecular formula is C26H28F3N3O4. The summed E-state index contributed by atoms with van der Waals surface area (Å²) in [7, 11) is 0. The average Bonchev–Trinajstić information content (AvgIpc) is 2.83. The maximum absolute atomic E-state index is 12.8. The van der Waals surface area contributed by atoms with E-state index in [4.69, 9.17) is 4.74 Å². The summed E-state index contributed by atoms with van der Waals surface area (Å²) in [5, 5.41) is 5.49. The fraction of sp³-hybridized carbons (Fsp3) is 0.346. The first-order chi connectivity index (χ1) is 17.1. The molecular weight excluding hydrogens is 475 g/mol. The van der Waals surface area contributed by atoms with Crippen LogP contribution in [0.25, 0.3) is 0 Å². The second-order valence-electron chi connectivity index (χ2n) is 8.26. The second kappa shape index (κ2) is 11.3. The monoisotopic (exact) mass is 503 g/mol. The lowest BCUT2D eigenvalue weighted by atomic mass is 9.94. The number of hydrogen-bond acceptors (Lipinski definition) is 4. The second-order valence-corrected chi connectivity index (χ2v) is 8.26. The molecule has 1 aliphatic heterocycles. The van der Waals surface area contributed by atoms with Gasteiger partial charge in [0.25, 0.3) is 5.91 Å². The minimum atomic E-state index is -4.48. The summed E-state index contributed by atoms with van der Waals surface area (Å²) in [6.45, 7) is 6.08. The number of allylic oxidation sites excluding steroid dienone is 1. The molecule has 2 aromatic carbocycles. The zero-order valence-corrected chi connectivity index (χ0v) is 20.2. The number of urea groups is 1. The van der Waals surface area contributed by atoms with Crippen LogP contribution in [0.5, 0.6) is 0 Å². The number of esters is 1. The Bertz CT molecular complexity index is 1140. The normalized spacial score (nSPS) is 16.0. The summed E-state index contributed by atoms with van der Waals surface area (Å²) in [6.07, 6.45) is -2.82. The molecule has 0 saturated carbocycles. The molecule has 1 aliphatic rings. The van der Waals surface area contributed by atoms with Crippen LogP contribution in [0.1, 0.15) is 61.1 Å². The SMILES string of the molecule is CCCCN1C(=O)NC(c2ccc(NC(=O)c3ccc(C(F)(F)F)cc3)cc2)C(C(=O)OCC)=C1C. The number of alkyl halides is 3. The number of ether oxygens (including phenoxy) is 1. The largest absolute Gasteiger partial charge is 0.463 e. The molecule has 0 spiro atoms. The van der Waals surface area contributed by atoms with Crippen molar-refractivity contribution in [2.45, 2.75) is 45.8 Å². The molecule has 7 nitrogen and oxygen atoms in total. The highest BCUT2D eigenvalue weighted by Crippen LogP contribution is 2.32. The highest BCUT2D eigenvalue weighted by molar-refractivity contribution is 6.04. The van der Waals surface area contributed by atoms with Gasteiger partial charge in [-0.15, -0.1) is 0 Å². The van der Waals surface area contributed by atoms with Crippen LogP contribution in [0.3, 0.4) is 0 Å². The van der Waals surface area contributed by atoms with Crippen LogP contribution in [-0.4, -0.2) is 36.0 Å². The first kappa shape index (κ1) is 26.8. The summed E-state index contributed by atoms with van der Waals surface area (Å²) in [4.78, 5) is 39.6. The number of nitrogens with one attached hydrogen (secondary N) is 2. The van der Waals surface area contributed by atoms with Crippen molar-refractivity contribution in [3.05, 3.63) is 76.5 Å². The molecule has 192 valence electrons. The van der Waals surface area contributed by atoms with E-state index in [0.717, 1.165) is 37.1 Å². The quantitative estimate of drug-likeness (QED) is 0.455.